The van der Waals surface area contributed by atoms with Gasteiger partial charge in [0.15, 0.2) is 9.84 Å². The lowest BCUT2D eigenvalue weighted by atomic mass is 10.0. The highest BCUT2D eigenvalue weighted by Gasteiger charge is 2.21. The Bertz CT molecular complexity index is 533. The number of carboxylic acids is 1. The Morgan fingerprint density at radius 2 is 2.00 bits per heavy atom. The van der Waals surface area contributed by atoms with Gasteiger partial charge in [-0.15, -0.1) is 0 Å². The summed E-state index contributed by atoms with van der Waals surface area (Å²) in [5, 5.41) is 18.3. The summed E-state index contributed by atoms with van der Waals surface area (Å²) in [7, 11) is -3.58. The van der Waals surface area contributed by atoms with Crippen molar-refractivity contribution >= 4 is 15.8 Å². The third kappa shape index (κ3) is 3.20. The molecule has 0 aromatic heterocycles. The Labute approximate surface area is 99.6 Å². The SMILES string of the molecule is CC(Cc1cccc(O)c1S(C)(=O)=O)C(=O)O. The van der Waals surface area contributed by atoms with E-state index >= 15 is 0 Å². The molecule has 0 fully saturated rings. The van der Waals surface area contributed by atoms with Gasteiger partial charge in [0, 0.05) is 6.26 Å². The standard InChI is InChI=1S/C11H14O5S/c1-7(11(13)14)6-8-4-3-5-9(12)10(8)17(2,15)16/h3-5,7,12H,6H2,1-2H3,(H,13,14). The molecule has 1 atom stereocenters. The number of sulfone groups is 1. The molecule has 0 aliphatic carbocycles. The summed E-state index contributed by atoms with van der Waals surface area (Å²) < 4.78 is 23.0. The predicted octanol–water partition coefficient (Wildman–Crippen LogP) is 1.06. The summed E-state index contributed by atoms with van der Waals surface area (Å²) in [6, 6.07) is 4.27. The van der Waals surface area contributed by atoms with E-state index in [-0.39, 0.29) is 17.1 Å². The quantitative estimate of drug-likeness (QED) is 0.842. The Balaban J connectivity index is 3.26. The van der Waals surface area contributed by atoms with Crippen molar-refractivity contribution in [3.05, 3.63) is 23.8 Å². The first-order valence-corrected chi connectivity index (χ1v) is 6.86. The molecule has 1 aromatic rings. The predicted molar refractivity (Wildman–Crippen MR) is 61.7 cm³/mol. The van der Waals surface area contributed by atoms with Crippen molar-refractivity contribution in [3.8, 4) is 5.75 Å². The normalized spacial score (nSPS) is 13.3. The molecule has 5 nitrogen and oxygen atoms in total. The van der Waals surface area contributed by atoms with Gasteiger partial charge in [0.05, 0.1) is 5.92 Å². The van der Waals surface area contributed by atoms with Crippen LogP contribution < -0.4 is 0 Å². The number of hydrogen-bond donors (Lipinski definition) is 2. The minimum atomic E-state index is -3.58. The molecule has 0 saturated carbocycles. The van der Waals surface area contributed by atoms with Gasteiger partial charge in [-0.25, -0.2) is 8.42 Å². The van der Waals surface area contributed by atoms with Gasteiger partial charge in [-0.05, 0) is 18.1 Å². The molecule has 0 saturated heterocycles. The van der Waals surface area contributed by atoms with Gasteiger partial charge < -0.3 is 10.2 Å². The fourth-order valence-corrected chi connectivity index (χ4v) is 2.65. The van der Waals surface area contributed by atoms with Crippen LogP contribution in [-0.2, 0) is 21.1 Å². The largest absolute Gasteiger partial charge is 0.507 e. The second-order valence-electron chi connectivity index (χ2n) is 3.98. The van der Waals surface area contributed by atoms with Crippen LogP contribution in [0, 0.1) is 5.92 Å². The molecule has 0 bridgehead atoms. The number of hydrogen-bond acceptors (Lipinski definition) is 4. The average molecular weight is 258 g/mol. The number of benzene rings is 1. The van der Waals surface area contributed by atoms with E-state index in [9.17, 15) is 18.3 Å². The summed E-state index contributed by atoms with van der Waals surface area (Å²) in [6.07, 6.45) is 1.04. The maximum atomic E-state index is 11.5. The van der Waals surface area contributed by atoms with Crippen LogP contribution in [0.4, 0.5) is 0 Å². The van der Waals surface area contributed by atoms with Crippen LogP contribution in [0.25, 0.3) is 0 Å². The van der Waals surface area contributed by atoms with Crippen molar-refractivity contribution in [2.24, 2.45) is 5.92 Å². The van der Waals surface area contributed by atoms with Crippen molar-refractivity contribution in [2.45, 2.75) is 18.2 Å². The topological polar surface area (TPSA) is 91.7 Å². The molecule has 1 unspecified atom stereocenters. The van der Waals surface area contributed by atoms with Gasteiger partial charge in [-0.3, -0.25) is 4.79 Å². The zero-order valence-electron chi connectivity index (χ0n) is 9.54. The first kappa shape index (κ1) is 13.5. The first-order chi connectivity index (χ1) is 7.73. The van der Waals surface area contributed by atoms with E-state index in [4.69, 9.17) is 5.11 Å². The molecule has 0 radical (unpaired) electrons. The molecule has 0 spiro atoms. The molecule has 6 heteroatoms. The van der Waals surface area contributed by atoms with Gasteiger partial charge in [-0.2, -0.15) is 0 Å². The molecule has 0 amide bonds. The lowest BCUT2D eigenvalue weighted by molar-refractivity contribution is -0.141. The van der Waals surface area contributed by atoms with Gasteiger partial charge in [-0.1, -0.05) is 19.1 Å². The van der Waals surface area contributed by atoms with E-state index in [1.165, 1.54) is 25.1 Å². The molecule has 0 aliphatic rings. The number of carboxylic acid groups (broad SMARTS) is 1. The van der Waals surface area contributed by atoms with Gasteiger partial charge >= 0.3 is 5.97 Å². The van der Waals surface area contributed by atoms with E-state index in [1.54, 1.807) is 0 Å². The third-order valence-corrected chi connectivity index (χ3v) is 3.61. The fraction of sp³-hybridized carbons (Fsp3) is 0.364. The van der Waals surface area contributed by atoms with Crippen LogP contribution in [0.1, 0.15) is 12.5 Å². The minimum absolute atomic E-state index is 0.0616. The Kier molecular flexibility index (Phi) is 3.77. The highest BCUT2D eigenvalue weighted by Crippen LogP contribution is 2.28. The van der Waals surface area contributed by atoms with Crippen molar-refractivity contribution in [1.82, 2.24) is 0 Å². The molecular weight excluding hydrogens is 244 g/mol. The van der Waals surface area contributed by atoms with E-state index < -0.39 is 21.7 Å². The zero-order chi connectivity index (χ0) is 13.2. The van der Waals surface area contributed by atoms with Crippen LogP contribution >= 0.6 is 0 Å². The molecular formula is C11H14O5S. The highest BCUT2D eigenvalue weighted by molar-refractivity contribution is 7.90. The molecule has 0 aliphatic heterocycles. The highest BCUT2D eigenvalue weighted by atomic mass is 32.2. The lowest BCUT2D eigenvalue weighted by Gasteiger charge is -2.11. The maximum absolute atomic E-state index is 11.5. The summed E-state index contributed by atoms with van der Waals surface area (Å²) >= 11 is 0. The Morgan fingerprint density at radius 3 is 2.47 bits per heavy atom. The van der Waals surface area contributed by atoms with Crippen LogP contribution in [0.3, 0.4) is 0 Å². The van der Waals surface area contributed by atoms with Gasteiger partial charge in [0.2, 0.25) is 0 Å². The summed E-state index contributed by atoms with van der Waals surface area (Å²) in [5.41, 5.74) is 0.322. The third-order valence-electron chi connectivity index (χ3n) is 2.39. The number of phenolic OH excluding ortho intramolecular Hbond substituents is 1. The second-order valence-corrected chi connectivity index (χ2v) is 5.93. The van der Waals surface area contributed by atoms with Crippen molar-refractivity contribution in [2.75, 3.05) is 6.26 Å². The summed E-state index contributed by atoms with van der Waals surface area (Å²) in [4.78, 5) is 10.6. The van der Waals surface area contributed by atoms with E-state index in [0.29, 0.717) is 5.56 Å². The smallest absolute Gasteiger partial charge is 0.306 e. The molecule has 0 heterocycles. The molecule has 1 aromatic carbocycles. The summed E-state index contributed by atoms with van der Waals surface area (Å²) in [6.45, 7) is 1.48. The van der Waals surface area contributed by atoms with Crippen LogP contribution in [0.5, 0.6) is 5.75 Å². The number of aliphatic carboxylic acids is 1. The monoisotopic (exact) mass is 258 g/mol. The van der Waals surface area contributed by atoms with Crippen LogP contribution in [-0.4, -0.2) is 30.9 Å². The first-order valence-electron chi connectivity index (χ1n) is 4.97. The molecule has 17 heavy (non-hydrogen) atoms. The number of carbonyl (C=O) groups is 1. The molecule has 2 N–H and O–H groups in total. The van der Waals surface area contributed by atoms with E-state index in [1.807, 2.05) is 0 Å². The average Bonchev–Trinajstić information content (AvgIpc) is 2.15. The van der Waals surface area contributed by atoms with E-state index in [2.05, 4.69) is 0 Å². The number of aromatic hydroxyl groups is 1. The lowest BCUT2D eigenvalue weighted by Crippen LogP contribution is -2.14. The van der Waals surface area contributed by atoms with Gasteiger partial charge in [0.25, 0.3) is 0 Å². The minimum Gasteiger partial charge on any atom is -0.507 e. The van der Waals surface area contributed by atoms with Crippen LogP contribution in [0.15, 0.2) is 23.1 Å². The van der Waals surface area contributed by atoms with Crippen molar-refractivity contribution < 1.29 is 23.4 Å². The molecule has 1 rings (SSSR count). The second kappa shape index (κ2) is 4.75. The zero-order valence-corrected chi connectivity index (χ0v) is 10.4. The Morgan fingerprint density at radius 1 is 1.41 bits per heavy atom. The van der Waals surface area contributed by atoms with Crippen molar-refractivity contribution in [3.63, 3.8) is 0 Å². The molecule has 94 valence electrons. The fourth-order valence-electron chi connectivity index (χ4n) is 1.58. The summed E-state index contributed by atoms with van der Waals surface area (Å²) in [5.74, 6) is -2.06. The maximum Gasteiger partial charge on any atom is 0.306 e. The Hall–Kier alpha value is -1.56. The number of rotatable bonds is 4. The van der Waals surface area contributed by atoms with Crippen LogP contribution in [0.2, 0.25) is 0 Å². The number of phenols is 1. The van der Waals surface area contributed by atoms with E-state index in [0.717, 1.165) is 6.26 Å². The van der Waals surface area contributed by atoms with Gasteiger partial charge in [0.1, 0.15) is 10.6 Å². The van der Waals surface area contributed by atoms with Crippen molar-refractivity contribution in [1.29, 1.82) is 0 Å².